The standard InChI is InChI=1S/C4H10O2.4ClH.Zr/c1-5-3-4-6-2;;;;;/h3-4H2,1-2H3;4*1H;/q;;;;;+4/p-4. The van der Waals surface area contributed by atoms with Gasteiger partial charge >= 0.3 is 26.2 Å². The minimum absolute atomic E-state index is 0. The molecule has 2 nitrogen and oxygen atoms in total. The average molecular weight is 323 g/mol. The number of rotatable bonds is 3. The molecule has 0 aliphatic carbocycles. The summed E-state index contributed by atoms with van der Waals surface area (Å²) in [4.78, 5) is 0. The molecule has 0 spiro atoms. The average Bonchev–Trinajstić information content (AvgIpc) is 1.61. The van der Waals surface area contributed by atoms with Gasteiger partial charge in [-0.25, -0.2) is 0 Å². The molecule has 0 aliphatic heterocycles. The van der Waals surface area contributed by atoms with Crippen LogP contribution in [0.5, 0.6) is 0 Å². The van der Waals surface area contributed by atoms with Crippen LogP contribution in [0.3, 0.4) is 0 Å². The molecule has 0 atom stereocenters. The van der Waals surface area contributed by atoms with Crippen LogP contribution >= 0.6 is 0 Å². The van der Waals surface area contributed by atoms with E-state index in [0.717, 1.165) is 0 Å². The van der Waals surface area contributed by atoms with Gasteiger partial charge in [-0.3, -0.25) is 0 Å². The molecular weight excluding hydrogens is 313 g/mol. The summed E-state index contributed by atoms with van der Waals surface area (Å²) in [7, 11) is 3.30. The Balaban J connectivity index is -0.0000000125. The monoisotopic (exact) mass is 320 g/mol. The Morgan fingerprint density at radius 1 is 0.727 bits per heavy atom. The second-order valence-electron chi connectivity index (χ2n) is 0.986. The molecule has 11 heavy (non-hydrogen) atoms. The van der Waals surface area contributed by atoms with Crippen LogP contribution < -0.4 is 49.6 Å². The van der Waals surface area contributed by atoms with Gasteiger partial charge in [0.2, 0.25) is 0 Å². The molecule has 0 aliphatic rings. The van der Waals surface area contributed by atoms with Crippen LogP contribution in [0.4, 0.5) is 0 Å². The third-order valence-corrected chi connectivity index (χ3v) is 0.492. The molecular formula is C4H10Cl4O2Zr. The Hall–Kier alpha value is 1.96. The van der Waals surface area contributed by atoms with E-state index in [9.17, 15) is 0 Å². The Labute approximate surface area is 112 Å². The summed E-state index contributed by atoms with van der Waals surface area (Å²) < 4.78 is 9.31. The summed E-state index contributed by atoms with van der Waals surface area (Å²) in [6, 6.07) is 0. The van der Waals surface area contributed by atoms with Gasteiger partial charge in [0.1, 0.15) is 0 Å². The third kappa shape index (κ3) is 48.2. The zero-order valence-corrected chi connectivity index (χ0v) is 11.7. The first kappa shape index (κ1) is 38.3. The van der Waals surface area contributed by atoms with Crippen molar-refractivity contribution in [1.82, 2.24) is 0 Å². The summed E-state index contributed by atoms with van der Waals surface area (Å²) >= 11 is 0. The maximum atomic E-state index is 4.66. The van der Waals surface area contributed by atoms with Gasteiger partial charge in [0, 0.05) is 14.2 Å². The summed E-state index contributed by atoms with van der Waals surface area (Å²) in [6.07, 6.45) is 0. The number of ether oxygens (including phenoxy) is 2. The molecule has 0 aromatic carbocycles. The van der Waals surface area contributed by atoms with E-state index in [1.807, 2.05) is 0 Å². The summed E-state index contributed by atoms with van der Waals surface area (Å²) in [5.41, 5.74) is 0. The van der Waals surface area contributed by atoms with Crippen molar-refractivity contribution in [3.05, 3.63) is 0 Å². The molecule has 0 N–H and O–H groups in total. The molecule has 0 heterocycles. The van der Waals surface area contributed by atoms with Crippen molar-refractivity contribution in [3.8, 4) is 0 Å². The van der Waals surface area contributed by atoms with E-state index < -0.39 is 0 Å². The Bertz CT molecular complexity index is 32.1. The molecule has 7 heteroatoms. The van der Waals surface area contributed by atoms with Crippen molar-refractivity contribution in [2.45, 2.75) is 0 Å². The zero-order chi connectivity index (χ0) is 4.83. The van der Waals surface area contributed by atoms with Gasteiger partial charge in [-0.2, -0.15) is 0 Å². The fraction of sp³-hybridized carbons (Fsp3) is 1.00. The Morgan fingerprint density at radius 3 is 1.00 bits per heavy atom. The van der Waals surface area contributed by atoms with Crippen molar-refractivity contribution in [2.75, 3.05) is 27.4 Å². The molecule has 0 bridgehead atoms. The van der Waals surface area contributed by atoms with Gasteiger partial charge in [-0.1, -0.05) is 0 Å². The van der Waals surface area contributed by atoms with Crippen LogP contribution in [0, 0.1) is 0 Å². The van der Waals surface area contributed by atoms with Gasteiger partial charge in [-0.05, 0) is 0 Å². The second kappa shape index (κ2) is 40.4. The van der Waals surface area contributed by atoms with Crippen LogP contribution in [0.2, 0.25) is 0 Å². The summed E-state index contributed by atoms with van der Waals surface area (Å²) in [6.45, 7) is 1.38. The molecule has 0 saturated heterocycles. The van der Waals surface area contributed by atoms with E-state index >= 15 is 0 Å². The van der Waals surface area contributed by atoms with Gasteiger partial charge in [0.15, 0.2) is 0 Å². The summed E-state index contributed by atoms with van der Waals surface area (Å²) in [5, 5.41) is 0. The summed E-state index contributed by atoms with van der Waals surface area (Å²) in [5.74, 6) is 0. The molecule has 0 aromatic heterocycles. The SMILES string of the molecule is COCCOC.[Cl-].[Cl-].[Cl-].[Cl-].[Zr+4]. The van der Waals surface area contributed by atoms with Crippen LogP contribution in [-0.2, 0) is 35.7 Å². The minimum Gasteiger partial charge on any atom is -1.00 e. The van der Waals surface area contributed by atoms with Gasteiger partial charge in [-0.15, -0.1) is 0 Å². The second-order valence-corrected chi connectivity index (χ2v) is 0.986. The smallest absolute Gasteiger partial charge is 1.00 e. The van der Waals surface area contributed by atoms with Crippen molar-refractivity contribution >= 4 is 0 Å². The predicted octanol–water partition coefficient (Wildman–Crippen LogP) is -11.7. The Morgan fingerprint density at radius 2 is 0.909 bits per heavy atom. The molecule has 0 fully saturated rings. The zero-order valence-electron chi connectivity index (χ0n) is 6.24. The van der Waals surface area contributed by atoms with Gasteiger partial charge < -0.3 is 59.1 Å². The largest absolute Gasteiger partial charge is 4.00 e. The predicted molar refractivity (Wildman–Crippen MR) is 23.8 cm³/mol. The van der Waals surface area contributed by atoms with E-state index in [0.29, 0.717) is 13.2 Å². The van der Waals surface area contributed by atoms with E-state index in [1.54, 1.807) is 14.2 Å². The van der Waals surface area contributed by atoms with Crippen LogP contribution in [0.25, 0.3) is 0 Å². The van der Waals surface area contributed by atoms with Crippen molar-refractivity contribution in [2.24, 2.45) is 0 Å². The topological polar surface area (TPSA) is 18.5 Å². The molecule has 0 amide bonds. The number of methoxy groups -OCH3 is 2. The van der Waals surface area contributed by atoms with Crippen molar-refractivity contribution in [3.63, 3.8) is 0 Å². The van der Waals surface area contributed by atoms with Crippen LogP contribution in [0.1, 0.15) is 0 Å². The molecule has 0 unspecified atom stereocenters. The molecule has 0 aromatic rings. The van der Waals surface area contributed by atoms with E-state index in [-0.39, 0.29) is 75.8 Å². The van der Waals surface area contributed by atoms with Crippen LogP contribution in [-0.4, -0.2) is 27.4 Å². The quantitative estimate of drug-likeness (QED) is 0.481. The fourth-order valence-electron chi connectivity index (χ4n) is 0.167. The maximum absolute atomic E-state index is 4.66. The number of hydrogen-bond acceptors (Lipinski definition) is 2. The molecule has 70 valence electrons. The minimum atomic E-state index is 0. The van der Waals surface area contributed by atoms with Gasteiger partial charge in [0.05, 0.1) is 13.2 Å². The Kier molecular flexibility index (Phi) is 141. The normalized spacial score (nSPS) is 4.91. The van der Waals surface area contributed by atoms with E-state index in [1.165, 1.54) is 0 Å². The number of hydrogen-bond donors (Lipinski definition) is 0. The number of halogens is 4. The van der Waals surface area contributed by atoms with Crippen LogP contribution in [0.15, 0.2) is 0 Å². The van der Waals surface area contributed by atoms with Crippen molar-refractivity contribution < 1.29 is 85.3 Å². The van der Waals surface area contributed by atoms with Crippen molar-refractivity contribution in [1.29, 1.82) is 0 Å². The fourth-order valence-corrected chi connectivity index (χ4v) is 0.167. The molecule has 0 rings (SSSR count). The van der Waals surface area contributed by atoms with E-state index in [4.69, 9.17) is 0 Å². The first-order valence-electron chi connectivity index (χ1n) is 1.89. The first-order valence-corrected chi connectivity index (χ1v) is 1.89. The first-order chi connectivity index (χ1) is 2.91. The maximum Gasteiger partial charge on any atom is 4.00 e. The van der Waals surface area contributed by atoms with Gasteiger partial charge in [0.25, 0.3) is 0 Å². The molecule has 0 saturated carbocycles. The third-order valence-electron chi connectivity index (χ3n) is 0.492. The molecule has 0 radical (unpaired) electrons. The van der Waals surface area contributed by atoms with E-state index in [2.05, 4.69) is 9.47 Å².